The molecule has 31 heavy (non-hydrogen) atoms. The SMILES string of the molecule is Cc1ccncc1-c1cccc(C2C=c3c(ccc4c5c(ccc34)CCC=C5)=CC2)c1. The zero-order valence-electron chi connectivity index (χ0n) is 17.8. The van der Waals surface area contributed by atoms with Crippen LogP contribution in [0, 0.1) is 6.92 Å². The van der Waals surface area contributed by atoms with E-state index in [-0.39, 0.29) is 0 Å². The van der Waals surface area contributed by atoms with Crippen molar-refractivity contribution in [2.45, 2.75) is 32.1 Å². The summed E-state index contributed by atoms with van der Waals surface area (Å²) in [4.78, 5) is 4.34. The molecule has 0 amide bonds. The molecule has 150 valence electrons. The molecule has 1 unspecified atom stereocenters. The topological polar surface area (TPSA) is 12.9 Å². The number of allylic oxidation sites excluding steroid dienone is 1. The smallest absolute Gasteiger partial charge is 0.0349 e. The van der Waals surface area contributed by atoms with Crippen molar-refractivity contribution in [1.82, 2.24) is 4.98 Å². The highest BCUT2D eigenvalue weighted by Crippen LogP contribution is 2.30. The van der Waals surface area contributed by atoms with Crippen LogP contribution in [0.15, 0.2) is 73.1 Å². The van der Waals surface area contributed by atoms with Crippen molar-refractivity contribution in [3.63, 3.8) is 0 Å². The van der Waals surface area contributed by atoms with Crippen LogP contribution in [0.4, 0.5) is 0 Å². The van der Waals surface area contributed by atoms with E-state index in [9.17, 15) is 0 Å². The first-order valence-electron chi connectivity index (χ1n) is 11.2. The molecule has 1 nitrogen and oxygen atoms in total. The largest absolute Gasteiger partial charge is 0.264 e. The summed E-state index contributed by atoms with van der Waals surface area (Å²) in [6, 6.07) is 20.4. The Bertz CT molecular complexity index is 1470. The van der Waals surface area contributed by atoms with Crippen molar-refractivity contribution in [1.29, 1.82) is 0 Å². The highest BCUT2D eigenvalue weighted by Gasteiger charge is 2.15. The maximum absolute atomic E-state index is 4.34. The molecule has 0 saturated carbocycles. The molecule has 0 radical (unpaired) electrons. The fraction of sp³-hybridized carbons (Fsp3) is 0.167. The number of nitrogens with zero attached hydrogens (tertiary/aromatic N) is 1. The molecule has 0 aliphatic heterocycles. The summed E-state index contributed by atoms with van der Waals surface area (Å²) in [5.74, 6) is 0.390. The lowest BCUT2D eigenvalue weighted by molar-refractivity contribution is 0.923. The van der Waals surface area contributed by atoms with Gasteiger partial charge in [-0.15, -0.1) is 0 Å². The van der Waals surface area contributed by atoms with Gasteiger partial charge in [0.05, 0.1) is 0 Å². The van der Waals surface area contributed by atoms with E-state index in [0.29, 0.717) is 5.92 Å². The highest BCUT2D eigenvalue weighted by molar-refractivity contribution is 5.93. The van der Waals surface area contributed by atoms with Crippen LogP contribution in [0.3, 0.4) is 0 Å². The van der Waals surface area contributed by atoms with Gasteiger partial charge in [0.15, 0.2) is 0 Å². The Kier molecular flexibility index (Phi) is 4.35. The Hall–Kier alpha value is -3.45. The molecule has 4 aromatic rings. The molecule has 2 aliphatic rings. The van der Waals surface area contributed by atoms with Gasteiger partial charge in [-0.25, -0.2) is 0 Å². The summed E-state index contributed by atoms with van der Waals surface area (Å²) < 4.78 is 0. The fourth-order valence-electron chi connectivity index (χ4n) is 5.19. The van der Waals surface area contributed by atoms with Crippen LogP contribution in [0.5, 0.6) is 0 Å². The van der Waals surface area contributed by atoms with Crippen LogP contribution in [0.2, 0.25) is 0 Å². The molecule has 0 bridgehead atoms. The van der Waals surface area contributed by atoms with Gasteiger partial charge in [-0.3, -0.25) is 4.98 Å². The maximum atomic E-state index is 4.34. The van der Waals surface area contributed by atoms with Crippen molar-refractivity contribution < 1.29 is 0 Å². The summed E-state index contributed by atoms with van der Waals surface area (Å²) in [7, 11) is 0. The second-order valence-electron chi connectivity index (χ2n) is 8.77. The van der Waals surface area contributed by atoms with E-state index in [1.54, 1.807) is 0 Å². The Balaban J connectivity index is 1.49. The number of rotatable bonds is 2. The molecule has 1 aromatic heterocycles. The summed E-state index contributed by atoms with van der Waals surface area (Å²) in [5.41, 5.74) is 7.99. The molecule has 1 heteroatoms. The third-order valence-electron chi connectivity index (χ3n) is 6.90. The van der Waals surface area contributed by atoms with E-state index in [1.807, 2.05) is 12.4 Å². The minimum absolute atomic E-state index is 0.390. The number of fused-ring (bicyclic) bond motifs is 5. The van der Waals surface area contributed by atoms with Crippen molar-refractivity contribution in [2.24, 2.45) is 0 Å². The van der Waals surface area contributed by atoms with E-state index < -0.39 is 0 Å². The quantitative estimate of drug-likeness (QED) is 0.408. The van der Waals surface area contributed by atoms with E-state index in [4.69, 9.17) is 0 Å². The zero-order chi connectivity index (χ0) is 20.8. The van der Waals surface area contributed by atoms with Crippen molar-refractivity contribution in [3.8, 4) is 11.1 Å². The van der Waals surface area contributed by atoms with Crippen molar-refractivity contribution in [2.75, 3.05) is 0 Å². The van der Waals surface area contributed by atoms with Crippen LogP contribution < -0.4 is 10.4 Å². The number of hydrogen-bond acceptors (Lipinski definition) is 1. The van der Waals surface area contributed by atoms with Gasteiger partial charge in [0.25, 0.3) is 0 Å². The molecule has 3 aromatic carbocycles. The van der Waals surface area contributed by atoms with E-state index in [1.165, 1.54) is 54.6 Å². The average molecular weight is 400 g/mol. The van der Waals surface area contributed by atoms with Crippen LogP contribution in [-0.4, -0.2) is 4.98 Å². The first kappa shape index (κ1) is 18.3. The Morgan fingerprint density at radius 3 is 2.84 bits per heavy atom. The van der Waals surface area contributed by atoms with Gasteiger partial charge in [-0.2, -0.15) is 0 Å². The number of benzene rings is 3. The summed E-state index contributed by atoms with van der Waals surface area (Å²) in [5, 5.41) is 5.52. The van der Waals surface area contributed by atoms with Crippen molar-refractivity contribution >= 4 is 29.0 Å². The lowest BCUT2D eigenvalue weighted by Gasteiger charge is -2.18. The molecule has 0 spiro atoms. The monoisotopic (exact) mass is 399 g/mol. The predicted octanol–water partition coefficient (Wildman–Crippen LogP) is 5.92. The van der Waals surface area contributed by atoms with Crippen LogP contribution in [0.1, 0.15) is 41.0 Å². The average Bonchev–Trinajstić information content (AvgIpc) is 2.83. The standard InChI is InChI=1S/C30H25N/c1-20-15-16-31-19-30(20)25-7-4-6-23(17-25)24-10-9-22-12-13-27-26-8-3-2-5-21(26)11-14-28(27)29(22)18-24/h3-4,6-9,11-19,24H,2,5,10H2,1H3. The molecule has 2 aliphatic carbocycles. The van der Waals surface area contributed by atoms with E-state index >= 15 is 0 Å². The van der Waals surface area contributed by atoms with Gasteiger partial charge in [-0.05, 0) is 81.3 Å². The van der Waals surface area contributed by atoms with Gasteiger partial charge in [0.1, 0.15) is 0 Å². The van der Waals surface area contributed by atoms with E-state index in [0.717, 1.165) is 19.3 Å². The second kappa shape index (κ2) is 7.35. The fourth-order valence-corrected chi connectivity index (χ4v) is 5.19. The lowest BCUT2D eigenvalue weighted by Crippen LogP contribution is -2.29. The molecule has 6 rings (SSSR count). The van der Waals surface area contributed by atoms with Gasteiger partial charge in [0, 0.05) is 23.9 Å². The third-order valence-corrected chi connectivity index (χ3v) is 6.90. The summed E-state index contributed by atoms with van der Waals surface area (Å²) >= 11 is 0. The van der Waals surface area contributed by atoms with Gasteiger partial charge in [0.2, 0.25) is 0 Å². The molecule has 1 heterocycles. The van der Waals surface area contributed by atoms with Crippen LogP contribution in [0.25, 0.3) is 40.1 Å². The Morgan fingerprint density at radius 2 is 1.90 bits per heavy atom. The minimum Gasteiger partial charge on any atom is -0.264 e. The number of aryl methyl sites for hydroxylation is 2. The van der Waals surface area contributed by atoms with Crippen LogP contribution in [-0.2, 0) is 6.42 Å². The number of pyridine rings is 1. The summed E-state index contributed by atoms with van der Waals surface area (Å²) in [6.07, 6.45) is 16.7. The number of aromatic nitrogens is 1. The minimum atomic E-state index is 0.390. The molecule has 1 atom stereocenters. The third kappa shape index (κ3) is 3.13. The van der Waals surface area contributed by atoms with Gasteiger partial charge in [-0.1, -0.05) is 72.8 Å². The molecular formula is C30H25N. The first-order valence-corrected chi connectivity index (χ1v) is 11.2. The van der Waals surface area contributed by atoms with Crippen LogP contribution >= 0.6 is 0 Å². The molecular weight excluding hydrogens is 374 g/mol. The van der Waals surface area contributed by atoms with Gasteiger partial charge >= 0.3 is 0 Å². The predicted molar refractivity (Wildman–Crippen MR) is 131 cm³/mol. The zero-order valence-corrected chi connectivity index (χ0v) is 17.8. The first-order chi connectivity index (χ1) is 15.3. The summed E-state index contributed by atoms with van der Waals surface area (Å²) in [6.45, 7) is 2.15. The lowest BCUT2D eigenvalue weighted by atomic mass is 9.86. The Morgan fingerprint density at radius 1 is 0.968 bits per heavy atom. The van der Waals surface area contributed by atoms with Crippen molar-refractivity contribution in [3.05, 3.63) is 106 Å². The van der Waals surface area contributed by atoms with Gasteiger partial charge < -0.3 is 0 Å². The molecule has 0 fully saturated rings. The second-order valence-corrected chi connectivity index (χ2v) is 8.77. The molecule has 0 saturated heterocycles. The highest BCUT2D eigenvalue weighted by atomic mass is 14.6. The van der Waals surface area contributed by atoms with E-state index in [2.05, 4.69) is 90.8 Å². The molecule has 0 N–H and O–H groups in total. The normalized spacial score (nSPS) is 16.9. The Labute approximate surface area is 183 Å². The maximum Gasteiger partial charge on any atom is 0.0349 e. The number of hydrogen-bond donors (Lipinski definition) is 0.